The van der Waals surface area contributed by atoms with Crippen LogP contribution < -0.4 is 0 Å². The maximum Gasteiger partial charge on any atom is 0.270 e. The van der Waals surface area contributed by atoms with Crippen LogP contribution in [0, 0.1) is 10.1 Å². The Balaban J connectivity index is 1.92. The van der Waals surface area contributed by atoms with Crippen molar-refractivity contribution in [2.24, 2.45) is 0 Å². The first kappa shape index (κ1) is 17.7. The van der Waals surface area contributed by atoms with E-state index in [-0.39, 0.29) is 16.4 Å². The Morgan fingerprint density at radius 2 is 1.86 bits per heavy atom. The molecule has 0 N–H and O–H groups in total. The Hall–Kier alpha value is -3.72. The van der Waals surface area contributed by atoms with E-state index in [0.29, 0.717) is 16.8 Å². The number of nitro benzene ring substituents is 1. The lowest BCUT2D eigenvalue weighted by molar-refractivity contribution is -0.385. The number of nitrogens with zero attached hydrogens (tertiary/aromatic N) is 3. The van der Waals surface area contributed by atoms with E-state index in [1.165, 1.54) is 30.5 Å². The van der Waals surface area contributed by atoms with Crippen molar-refractivity contribution in [3.05, 3.63) is 88.6 Å². The summed E-state index contributed by atoms with van der Waals surface area (Å²) in [5.74, 6) is 0.690. The molecule has 140 valence electrons. The summed E-state index contributed by atoms with van der Waals surface area (Å²) in [7, 11) is -4.13. The molecule has 0 atom stereocenters. The molecule has 0 radical (unpaired) electrons. The predicted octanol–water partition coefficient (Wildman–Crippen LogP) is 3.94. The van der Waals surface area contributed by atoms with Crippen molar-refractivity contribution >= 4 is 38.9 Å². The second-order valence-electron chi connectivity index (χ2n) is 5.83. The molecular formula is C19H13N3O5S. The van der Waals surface area contributed by atoms with E-state index >= 15 is 0 Å². The first-order valence-electron chi connectivity index (χ1n) is 8.16. The summed E-state index contributed by atoms with van der Waals surface area (Å²) in [4.78, 5) is 14.6. The van der Waals surface area contributed by atoms with Crippen LogP contribution in [0.2, 0.25) is 0 Å². The molecule has 0 fully saturated rings. The van der Waals surface area contributed by atoms with Gasteiger partial charge in [0.25, 0.3) is 15.7 Å². The number of hydrogen-bond donors (Lipinski definition) is 0. The fraction of sp³-hybridized carbons (Fsp3) is 0. The molecule has 0 saturated heterocycles. The Morgan fingerprint density at radius 1 is 1.04 bits per heavy atom. The smallest absolute Gasteiger partial charge is 0.270 e. The Bertz CT molecular complexity index is 1300. The van der Waals surface area contributed by atoms with Crippen molar-refractivity contribution in [1.29, 1.82) is 0 Å². The van der Waals surface area contributed by atoms with Gasteiger partial charge in [0.1, 0.15) is 11.6 Å². The van der Waals surface area contributed by atoms with Crippen LogP contribution >= 0.6 is 0 Å². The number of non-ortho nitro benzene ring substituents is 1. The minimum atomic E-state index is -4.13. The van der Waals surface area contributed by atoms with E-state index in [1.54, 1.807) is 42.5 Å². The predicted molar refractivity (Wildman–Crippen MR) is 103 cm³/mol. The number of fused-ring (bicyclic) bond motifs is 1. The maximum atomic E-state index is 13.3. The third-order valence-corrected chi connectivity index (χ3v) is 5.76. The molecule has 0 spiro atoms. The van der Waals surface area contributed by atoms with Gasteiger partial charge in [-0.15, -0.1) is 0 Å². The molecule has 4 aromatic rings. The van der Waals surface area contributed by atoms with E-state index in [2.05, 4.69) is 4.98 Å². The van der Waals surface area contributed by atoms with Crippen LogP contribution in [0.3, 0.4) is 0 Å². The minimum absolute atomic E-state index is 0.157. The van der Waals surface area contributed by atoms with Crippen LogP contribution in [0.15, 0.2) is 76.2 Å². The second kappa shape index (κ2) is 6.78. The highest BCUT2D eigenvalue weighted by Crippen LogP contribution is 2.26. The topological polar surface area (TPSA) is 108 Å². The van der Waals surface area contributed by atoms with Crippen LogP contribution in [-0.4, -0.2) is 22.3 Å². The Kier molecular flexibility index (Phi) is 4.28. The molecule has 2 aromatic heterocycles. The molecule has 0 amide bonds. The molecule has 2 aromatic carbocycles. The average Bonchev–Trinajstić information content (AvgIpc) is 3.33. The van der Waals surface area contributed by atoms with E-state index in [1.807, 2.05) is 0 Å². The zero-order valence-electron chi connectivity index (χ0n) is 14.3. The molecule has 9 heteroatoms. The summed E-state index contributed by atoms with van der Waals surface area (Å²) < 4.78 is 32.9. The lowest BCUT2D eigenvalue weighted by Gasteiger charge is -2.09. The number of para-hydroxylation sites is 2. The second-order valence-corrected chi connectivity index (χ2v) is 7.62. The van der Waals surface area contributed by atoms with Crippen LogP contribution in [-0.2, 0) is 10.0 Å². The zero-order chi connectivity index (χ0) is 19.7. The summed E-state index contributed by atoms with van der Waals surface area (Å²) in [5, 5.41) is 11.0. The minimum Gasteiger partial charge on any atom is -0.465 e. The molecular weight excluding hydrogens is 382 g/mol. The Morgan fingerprint density at radius 3 is 2.61 bits per heavy atom. The van der Waals surface area contributed by atoms with Crippen molar-refractivity contribution in [2.45, 2.75) is 4.90 Å². The van der Waals surface area contributed by atoms with Crippen LogP contribution in [0.4, 0.5) is 5.69 Å². The fourth-order valence-electron chi connectivity index (χ4n) is 2.79. The van der Waals surface area contributed by atoms with Crippen molar-refractivity contribution in [3.63, 3.8) is 0 Å². The Labute approximate surface area is 159 Å². The van der Waals surface area contributed by atoms with Gasteiger partial charge in [-0.2, -0.15) is 0 Å². The van der Waals surface area contributed by atoms with Gasteiger partial charge >= 0.3 is 0 Å². The summed E-state index contributed by atoms with van der Waals surface area (Å²) >= 11 is 0. The number of hydrogen-bond acceptors (Lipinski definition) is 6. The van der Waals surface area contributed by atoms with Gasteiger partial charge < -0.3 is 4.42 Å². The normalized spacial score (nSPS) is 12.0. The molecule has 0 bridgehead atoms. The van der Waals surface area contributed by atoms with Gasteiger partial charge in [-0.25, -0.2) is 17.4 Å². The highest BCUT2D eigenvalue weighted by molar-refractivity contribution is 7.90. The highest BCUT2D eigenvalue weighted by Gasteiger charge is 2.25. The van der Waals surface area contributed by atoms with Crippen LogP contribution in [0.5, 0.6) is 0 Å². The molecule has 0 saturated carbocycles. The third kappa shape index (κ3) is 3.08. The number of benzene rings is 2. The number of nitro groups is 1. The monoisotopic (exact) mass is 395 g/mol. The van der Waals surface area contributed by atoms with E-state index in [4.69, 9.17) is 4.42 Å². The van der Waals surface area contributed by atoms with Crippen LogP contribution in [0.25, 0.3) is 23.2 Å². The SMILES string of the molecule is O=[N+]([O-])c1cccc(S(=O)(=O)n2c(C=Cc3ccco3)nc3ccccc32)c1. The zero-order valence-corrected chi connectivity index (χ0v) is 15.1. The fourth-order valence-corrected chi connectivity index (χ4v) is 4.28. The molecule has 0 unspecified atom stereocenters. The van der Waals surface area contributed by atoms with Crippen molar-refractivity contribution in [3.8, 4) is 0 Å². The number of aromatic nitrogens is 2. The van der Waals surface area contributed by atoms with E-state index < -0.39 is 14.9 Å². The van der Waals surface area contributed by atoms with Gasteiger partial charge in [0.2, 0.25) is 0 Å². The van der Waals surface area contributed by atoms with Crippen LogP contribution in [0.1, 0.15) is 11.6 Å². The molecule has 0 aliphatic heterocycles. The average molecular weight is 395 g/mol. The maximum absolute atomic E-state index is 13.3. The molecule has 4 rings (SSSR count). The summed E-state index contributed by atoms with van der Waals surface area (Å²) in [6, 6.07) is 15.1. The van der Waals surface area contributed by atoms with Gasteiger partial charge in [0, 0.05) is 12.1 Å². The molecule has 0 aliphatic rings. The molecule has 8 nitrogen and oxygen atoms in total. The lowest BCUT2D eigenvalue weighted by Crippen LogP contribution is -2.14. The molecule has 0 aliphatic carbocycles. The van der Waals surface area contributed by atoms with E-state index in [0.717, 1.165) is 10.0 Å². The van der Waals surface area contributed by atoms with E-state index in [9.17, 15) is 18.5 Å². The summed E-state index contributed by atoms with van der Waals surface area (Å²) in [6.07, 6.45) is 4.62. The largest absolute Gasteiger partial charge is 0.465 e. The van der Waals surface area contributed by atoms with Gasteiger partial charge in [-0.05, 0) is 42.5 Å². The standard InChI is InChI=1S/C19H13N3O5S/c23-22(24)14-5-3-7-16(13-14)28(25,26)21-18-9-2-1-8-17(18)20-19(21)11-10-15-6-4-12-27-15/h1-13H. The number of imidazole rings is 1. The van der Waals surface area contributed by atoms with Crippen molar-refractivity contribution < 1.29 is 17.8 Å². The van der Waals surface area contributed by atoms with Gasteiger partial charge in [-0.3, -0.25) is 10.1 Å². The summed E-state index contributed by atoms with van der Waals surface area (Å²) in [6.45, 7) is 0. The molecule has 28 heavy (non-hydrogen) atoms. The highest BCUT2D eigenvalue weighted by atomic mass is 32.2. The lowest BCUT2D eigenvalue weighted by atomic mass is 10.3. The van der Waals surface area contributed by atoms with Crippen molar-refractivity contribution in [2.75, 3.05) is 0 Å². The summed E-state index contributed by atoms with van der Waals surface area (Å²) in [5.41, 5.74) is 0.543. The first-order chi connectivity index (χ1) is 13.5. The number of furan rings is 1. The van der Waals surface area contributed by atoms with Gasteiger partial charge in [0.05, 0.1) is 27.1 Å². The number of rotatable bonds is 5. The third-order valence-electron chi connectivity index (χ3n) is 4.05. The van der Waals surface area contributed by atoms with Gasteiger partial charge in [-0.1, -0.05) is 18.2 Å². The quantitative estimate of drug-likeness (QED) is 0.374. The molecule has 2 heterocycles. The van der Waals surface area contributed by atoms with Crippen molar-refractivity contribution in [1.82, 2.24) is 8.96 Å². The first-order valence-corrected chi connectivity index (χ1v) is 9.60. The van der Waals surface area contributed by atoms with Gasteiger partial charge in [0.15, 0.2) is 0 Å².